The van der Waals surface area contributed by atoms with Gasteiger partial charge in [-0.3, -0.25) is 0 Å². The van der Waals surface area contributed by atoms with Crippen LogP contribution in [0.5, 0.6) is 17.2 Å². The molecular weight excluding hydrogens is 256 g/mol. The summed E-state index contributed by atoms with van der Waals surface area (Å²) in [5.41, 5.74) is 0.901. The van der Waals surface area contributed by atoms with E-state index >= 15 is 0 Å². The number of aryl methyl sites for hydroxylation is 1. The number of para-hydroxylation sites is 3. The van der Waals surface area contributed by atoms with E-state index in [0.29, 0.717) is 17.2 Å². The van der Waals surface area contributed by atoms with Gasteiger partial charge in [-0.2, -0.15) is 0 Å². The second-order valence-electron chi connectivity index (χ2n) is 4.18. The maximum Gasteiger partial charge on any atom is 0.349 e. The van der Waals surface area contributed by atoms with Crippen molar-refractivity contribution in [1.82, 2.24) is 0 Å². The fraction of sp³-hybridized carbons (Fsp3) is 0.188. The second-order valence-corrected chi connectivity index (χ2v) is 4.18. The SMILES string of the molecule is COc1ccccc1OCC(=O)Oc1ccccc1C. The highest BCUT2D eigenvalue weighted by Crippen LogP contribution is 2.25. The molecule has 0 saturated carbocycles. The Morgan fingerprint density at radius 3 is 2.20 bits per heavy atom. The Bertz CT molecular complexity index is 593. The predicted octanol–water partition coefficient (Wildman–Crippen LogP) is 2.99. The molecule has 0 radical (unpaired) electrons. The summed E-state index contributed by atoms with van der Waals surface area (Å²) in [5, 5.41) is 0. The minimum atomic E-state index is -0.454. The number of esters is 1. The molecular formula is C16H16O4. The van der Waals surface area contributed by atoms with E-state index in [-0.39, 0.29) is 6.61 Å². The molecule has 2 aromatic carbocycles. The van der Waals surface area contributed by atoms with Crippen LogP contribution in [0.3, 0.4) is 0 Å². The lowest BCUT2D eigenvalue weighted by atomic mass is 10.2. The molecule has 0 aromatic heterocycles. The number of methoxy groups -OCH3 is 1. The zero-order valence-corrected chi connectivity index (χ0v) is 11.5. The van der Waals surface area contributed by atoms with E-state index in [2.05, 4.69) is 0 Å². The smallest absolute Gasteiger partial charge is 0.349 e. The number of benzene rings is 2. The Labute approximate surface area is 117 Å². The molecule has 104 valence electrons. The van der Waals surface area contributed by atoms with Crippen LogP contribution in [0.2, 0.25) is 0 Å². The Morgan fingerprint density at radius 1 is 0.950 bits per heavy atom. The van der Waals surface area contributed by atoms with Gasteiger partial charge in [0.2, 0.25) is 0 Å². The van der Waals surface area contributed by atoms with Crippen LogP contribution in [0.4, 0.5) is 0 Å². The lowest BCUT2D eigenvalue weighted by Gasteiger charge is -2.10. The van der Waals surface area contributed by atoms with E-state index in [4.69, 9.17) is 14.2 Å². The molecule has 0 N–H and O–H groups in total. The second kappa shape index (κ2) is 6.61. The van der Waals surface area contributed by atoms with Crippen LogP contribution in [-0.4, -0.2) is 19.7 Å². The molecule has 4 heteroatoms. The van der Waals surface area contributed by atoms with Crippen LogP contribution >= 0.6 is 0 Å². The summed E-state index contributed by atoms with van der Waals surface area (Å²) in [5.74, 6) is 1.18. The van der Waals surface area contributed by atoms with Gasteiger partial charge in [0, 0.05) is 0 Å². The molecule has 2 aromatic rings. The topological polar surface area (TPSA) is 44.8 Å². The first-order chi connectivity index (χ1) is 9.70. The number of rotatable bonds is 5. The highest BCUT2D eigenvalue weighted by molar-refractivity contribution is 5.74. The van der Waals surface area contributed by atoms with Gasteiger partial charge in [0.1, 0.15) is 5.75 Å². The summed E-state index contributed by atoms with van der Waals surface area (Å²) >= 11 is 0. The van der Waals surface area contributed by atoms with Gasteiger partial charge in [0.15, 0.2) is 18.1 Å². The summed E-state index contributed by atoms with van der Waals surface area (Å²) in [7, 11) is 1.55. The third-order valence-corrected chi connectivity index (χ3v) is 2.73. The van der Waals surface area contributed by atoms with Crippen LogP contribution in [0.15, 0.2) is 48.5 Å². The molecule has 0 spiro atoms. The molecule has 0 aliphatic carbocycles. The highest BCUT2D eigenvalue weighted by atomic mass is 16.6. The van der Waals surface area contributed by atoms with Crippen molar-refractivity contribution >= 4 is 5.97 Å². The van der Waals surface area contributed by atoms with Crippen molar-refractivity contribution in [1.29, 1.82) is 0 Å². The minimum Gasteiger partial charge on any atom is -0.493 e. The predicted molar refractivity (Wildman–Crippen MR) is 75.3 cm³/mol. The third kappa shape index (κ3) is 3.51. The third-order valence-electron chi connectivity index (χ3n) is 2.73. The van der Waals surface area contributed by atoms with Crippen LogP contribution in [0.1, 0.15) is 5.56 Å². The molecule has 4 nitrogen and oxygen atoms in total. The molecule has 0 aliphatic heterocycles. The zero-order valence-electron chi connectivity index (χ0n) is 11.5. The van der Waals surface area contributed by atoms with Crippen LogP contribution in [-0.2, 0) is 4.79 Å². The van der Waals surface area contributed by atoms with Crippen molar-refractivity contribution in [3.63, 3.8) is 0 Å². The first-order valence-electron chi connectivity index (χ1n) is 6.23. The van der Waals surface area contributed by atoms with Gasteiger partial charge < -0.3 is 14.2 Å². The Kier molecular flexibility index (Phi) is 4.60. The van der Waals surface area contributed by atoms with Crippen LogP contribution < -0.4 is 14.2 Å². The number of ether oxygens (including phenoxy) is 3. The number of hydrogen-bond acceptors (Lipinski definition) is 4. The summed E-state index contributed by atoms with van der Waals surface area (Å²) in [6.45, 7) is 1.71. The van der Waals surface area contributed by atoms with Crippen molar-refractivity contribution in [3.05, 3.63) is 54.1 Å². The fourth-order valence-electron chi connectivity index (χ4n) is 1.70. The normalized spacial score (nSPS) is 9.90. The summed E-state index contributed by atoms with van der Waals surface area (Å²) in [6.07, 6.45) is 0. The number of carbonyl (C=O) groups is 1. The van der Waals surface area contributed by atoms with Crippen molar-refractivity contribution in [2.75, 3.05) is 13.7 Å². The maximum absolute atomic E-state index is 11.7. The molecule has 2 rings (SSSR count). The van der Waals surface area contributed by atoms with Gasteiger partial charge in [0.05, 0.1) is 7.11 Å². The van der Waals surface area contributed by atoms with Crippen molar-refractivity contribution < 1.29 is 19.0 Å². The van der Waals surface area contributed by atoms with Crippen LogP contribution in [0.25, 0.3) is 0 Å². The molecule has 20 heavy (non-hydrogen) atoms. The Hall–Kier alpha value is -2.49. The molecule has 0 amide bonds. The zero-order chi connectivity index (χ0) is 14.4. The van der Waals surface area contributed by atoms with E-state index in [1.165, 1.54) is 0 Å². The first-order valence-corrected chi connectivity index (χ1v) is 6.23. The Morgan fingerprint density at radius 2 is 1.55 bits per heavy atom. The van der Waals surface area contributed by atoms with Gasteiger partial charge in [-0.25, -0.2) is 4.79 Å². The fourth-order valence-corrected chi connectivity index (χ4v) is 1.70. The molecule has 0 fully saturated rings. The summed E-state index contributed by atoms with van der Waals surface area (Å²) < 4.78 is 15.8. The average Bonchev–Trinajstić information content (AvgIpc) is 2.48. The number of hydrogen-bond donors (Lipinski definition) is 0. The van der Waals surface area contributed by atoms with Gasteiger partial charge in [0.25, 0.3) is 0 Å². The summed E-state index contributed by atoms with van der Waals surface area (Å²) in [4.78, 5) is 11.7. The standard InChI is InChI=1S/C16H16O4/c1-12-7-3-4-8-13(12)20-16(17)11-19-15-10-6-5-9-14(15)18-2/h3-10H,11H2,1-2H3. The molecule has 0 atom stereocenters. The van der Waals surface area contributed by atoms with E-state index in [9.17, 15) is 4.79 Å². The monoisotopic (exact) mass is 272 g/mol. The van der Waals surface area contributed by atoms with Gasteiger partial charge in [-0.15, -0.1) is 0 Å². The molecule has 0 heterocycles. The van der Waals surface area contributed by atoms with Crippen molar-refractivity contribution in [3.8, 4) is 17.2 Å². The first kappa shape index (κ1) is 13.9. The lowest BCUT2D eigenvalue weighted by molar-refractivity contribution is -0.136. The quantitative estimate of drug-likeness (QED) is 0.620. The van der Waals surface area contributed by atoms with E-state index in [1.54, 1.807) is 25.3 Å². The molecule has 0 saturated heterocycles. The van der Waals surface area contributed by atoms with Crippen molar-refractivity contribution in [2.24, 2.45) is 0 Å². The highest BCUT2D eigenvalue weighted by Gasteiger charge is 2.09. The maximum atomic E-state index is 11.7. The molecule has 0 unspecified atom stereocenters. The Balaban J connectivity index is 1.94. The van der Waals surface area contributed by atoms with Gasteiger partial charge >= 0.3 is 5.97 Å². The van der Waals surface area contributed by atoms with Gasteiger partial charge in [-0.1, -0.05) is 30.3 Å². The van der Waals surface area contributed by atoms with E-state index in [1.807, 2.05) is 37.3 Å². The minimum absolute atomic E-state index is 0.172. The average molecular weight is 272 g/mol. The van der Waals surface area contributed by atoms with Crippen molar-refractivity contribution in [2.45, 2.75) is 6.92 Å². The van der Waals surface area contributed by atoms with Crippen LogP contribution in [0, 0.1) is 6.92 Å². The van der Waals surface area contributed by atoms with E-state index < -0.39 is 5.97 Å². The molecule has 0 aliphatic rings. The summed E-state index contributed by atoms with van der Waals surface area (Å²) in [6, 6.07) is 14.5. The lowest BCUT2D eigenvalue weighted by Crippen LogP contribution is -2.18. The molecule has 0 bridgehead atoms. The number of carbonyl (C=O) groups excluding carboxylic acids is 1. The van der Waals surface area contributed by atoms with E-state index in [0.717, 1.165) is 5.56 Å². The van der Waals surface area contributed by atoms with Gasteiger partial charge in [-0.05, 0) is 30.7 Å². The largest absolute Gasteiger partial charge is 0.493 e.